The van der Waals surface area contributed by atoms with Crippen LogP contribution in [0.5, 0.6) is 0 Å². The smallest absolute Gasteiger partial charge is 0.270 e. The molecule has 120 valence electrons. The third kappa shape index (κ3) is 3.67. The molecular weight excluding hydrogens is 346 g/mol. The van der Waals surface area contributed by atoms with E-state index < -0.39 is 0 Å². The summed E-state index contributed by atoms with van der Waals surface area (Å²) < 4.78 is 7.79. The number of fused-ring (bicyclic) bond motifs is 1. The molecule has 0 aliphatic carbocycles. The van der Waals surface area contributed by atoms with Gasteiger partial charge in [0.15, 0.2) is 5.65 Å². The van der Waals surface area contributed by atoms with Crippen molar-refractivity contribution in [2.45, 2.75) is 33.1 Å². The van der Waals surface area contributed by atoms with Gasteiger partial charge in [-0.3, -0.25) is 9.20 Å². The van der Waals surface area contributed by atoms with Crippen LogP contribution in [0.2, 0.25) is 0 Å². The number of imidazole rings is 1. The van der Waals surface area contributed by atoms with E-state index in [9.17, 15) is 4.79 Å². The van der Waals surface area contributed by atoms with E-state index in [-0.39, 0.29) is 5.91 Å². The molecule has 0 saturated heterocycles. The maximum absolute atomic E-state index is 12.6. The summed E-state index contributed by atoms with van der Waals surface area (Å²) in [6.45, 7) is 5.33. The normalized spacial score (nSPS) is 11.1. The molecule has 0 saturated carbocycles. The van der Waals surface area contributed by atoms with Gasteiger partial charge in [-0.15, -0.1) is 0 Å². The van der Waals surface area contributed by atoms with E-state index in [1.165, 1.54) is 0 Å². The standard InChI is InChI=1S/C16H22BrN3O2/c1-4-6-13-14(16(21)18-7-5-8-22-3)20-10-11(2)9-12(17)15(20)19-13/h9-10H,4-8H2,1-3H3,(H,18,21). The first kappa shape index (κ1) is 17.0. The summed E-state index contributed by atoms with van der Waals surface area (Å²) >= 11 is 3.54. The van der Waals surface area contributed by atoms with E-state index in [0.717, 1.165) is 40.6 Å². The summed E-state index contributed by atoms with van der Waals surface area (Å²) in [6, 6.07) is 2.01. The van der Waals surface area contributed by atoms with Gasteiger partial charge >= 0.3 is 0 Å². The Morgan fingerprint density at radius 1 is 1.50 bits per heavy atom. The highest BCUT2D eigenvalue weighted by atomic mass is 79.9. The molecule has 2 aromatic heterocycles. The molecule has 0 fully saturated rings. The minimum atomic E-state index is -0.0791. The molecule has 0 atom stereocenters. The van der Waals surface area contributed by atoms with Crippen molar-refractivity contribution in [2.75, 3.05) is 20.3 Å². The molecule has 5 nitrogen and oxygen atoms in total. The van der Waals surface area contributed by atoms with E-state index in [1.54, 1.807) is 7.11 Å². The Balaban J connectivity index is 2.36. The Labute approximate surface area is 139 Å². The molecule has 2 aromatic rings. The fourth-order valence-electron chi connectivity index (χ4n) is 2.43. The van der Waals surface area contributed by atoms with Gasteiger partial charge in [0, 0.05) is 26.5 Å². The number of pyridine rings is 1. The third-order valence-corrected chi connectivity index (χ3v) is 3.98. The van der Waals surface area contributed by atoms with Crippen LogP contribution in [0.3, 0.4) is 0 Å². The molecule has 2 rings (SSSR count). The summed E-state index contributed by atoms with van der Waals surface area (Å²) in [7, 11) is 1.66. The second-order valence-corrected chi connectivity index (χ2v) is 6.17. The molecule has 6 heteroatoms. The average Bonchev–Trinajstić information content (AvgIpc) is 2.82. The number of aromatic nitrogens is 2. The number of aryl methyl sites for hydroxylation is 2. The monoisotopic (exact) mass is 367 g/mol. The Kier molecular flexibility index (Phi) is 5.97. The lowest BCUT2D eigenvalue weighted by atomic mass is 10.2. The van der Waals surface area contributed by atoms with Gasteiger partial charge in [0.05, 0.1) is 10.2 Å². The van der Waals surface area contributed by atoms with E-state index in [2.05, 4.69) is 33.2 Å². The third-order valence-electron chi connectivity index (χ3n) is 3.40. The zero-order valence-electron chi connectivity index (χ0n) is 13.3. The molecule has 0 bridgehead atoms. The Morgan fingerprint density at radius 2 is 2.27 bits per heavy atom. The topological polar surface area (TPSA) is 55.6 Å². The molecule has 22 heavy (non-hydrogen) atoms. The minimum absolute atomic E-state index is 0.0791. The number of halogens is 1. The maximum atomic E-state index is 12.6. The van der Waals surface area contributed by atoms with Crippen molar-refractivity contribution in [3.05, 3.63) is 33.7 Å². The van der Waals surface area contributed by atoms with Crippen molar-refractivity contribution in [2.24, 2.45) is 0 Å². The number of nitrogens with one attached hydrogen (secondary N) is 1. The Hall–Kier alpha value is -1.40. The number of hydrogen-bond donors (Lipinski definition) is 1. The van der Waals surface area contributed by atoms with Crippen LogP contribution in [-0.4, -0.2) is 35.6 Å². The van der Waals surface area contributed by atoms with Crippen LogP contribution in [0.15, 0.2) is 16.7 Å². The number of rotatable bonds is 7. The number of nitrogens with zero attached hydrogens (tertiary/aromatic N) is 2. The first-order chi connectivity index (χ1) is 10.6. The number of ether oxygens (including phenoxy) is 1. The van der Waals surface area contributed by atoms with Crippen LogP contribution in [0, 0.1) is 6.92 Å². The van der Waals surface area contributed by atoms with Crippen LogP contribution >= 0.6 is 15.9 Å². The zero-order valence-corrected chi connectivity index (χ0v) is 14.9. The highest BCUT2D eigenvalue weighted by Gasteiger charge is 2.19. The van der Waals surface area contributed by atoms with E-state index in [0.29, 0.717) is 18.8 Å². The summed E-state index contributed by atoms with van der Waals surface area (Å²) in [5, 5.41) is 2.95. The van der Waals surface area contributed by atoms with Crippen molar-refractivity contribution in [3.63, 3.8) is 0 Å². The number of carbonyl (C=O) groups excluding carboxylic acids is 1. The predicted octanol–water partition coefficient (Wildman–Crippen LogP) is 3.12. The van der Waals surface area contributed by atoms with Crippen molar-refractivity contribution >= 4 is 27.5 Å². The van der Waals surface area contributed by atoms with Gasteiger partial charge in [-0.2, -0.15) is 0 Å². The first-order valence-corrected chi connectivity index (χ1v) is 8.32. The molecular formula is C16H22BrN3O2. The quantitative estimate of drug-likeness (QED) is 0.764. The number of methoxy groups -OCH3 is 1. The molecule has 0 radical (unpaired) electrons. The Morgan fingerprint density at radius 3 is 2.95 bits per heavy atom. The summed E-state index contributed by atoms with van der Waals surface area (Å²) in [6.07, 6.45) is 4.49. The van der Waals surface area contributed by atoms with Gasteiger partial charge < -0.3 is 10.1 Å². The second kappa shape index (κ2) is 7.74. The molecule has 2 heterocycles. The predicted molar refractivity (Wildman–Crippen MR) is 90.5 cm³/mol. The molecule has 0 spiro atoms. The largest absolute Gasteiger partial charge is 0.385 e. The summed E-state index contributed by atoms with van der Waals surface area (Å²) in [4.78, 5) is 17.2. The molecule has 0 unspecified atom stereocenters. The van der Waals surface area contributed by atoms with Crippen LogP contribution in [0.25, 0.3) is 5.65 Å². The molecule has 1 N–H and O–H groups in total. The lowest BCUT2D eigenvalue weighted by molar-refractivity contribution is 0.0941. The van der Waals surface area contributed by atoms with Gasteiger partial charge in [-0.05, 0) is 47.3 Å². The van der Waals surface area contributed by atoms with E-state index in [4.69, 9.17) is 4.74 Å². The number of hydrogen-bond acceptors (Lipinski definition) is 3. The SMILES string of the molecule is CCCc1nc2c(Br)cc(C)cn2c1C(=O)NCCCOC. The van der Waals surface area contributed by atoms with Crippen LogP contribution < -0.4 is 5.32 Å². The van der Waals surface area contributed by atoms with Gasteiger partial charge in [0.1, 0.15) is 5.69 Å². The van der Waals surface area contributed by atoms with Gasteiger partial charge in [-0.1, -0.05) is 13.3 Å². The van der Waals surface area contributed by atoms with Crippen molar-refractivity contribution < 1.29 is 9.53 Å². The fourth-order valence-corrected chi connectivity index (χ4v) is 3.07. The molecule has 0 aliphatic rings. The summed E-state index contributed by atoms with van der Waals surface area (Å²) in [5.74, 6) is -0.0791. The highest BCUT2D eigenvalue weighted by molar-refractivity contribution is 9.10. The van der Waals surface area contributed by atoms with Gasteiger partial charge in [0.2, 0.25) is 0 Å². The van der Waals surface area contributed by atoms with Crippen LogP contribution in [-0.2, 0) is 11.2 Å². The van der Waals surface area contributed by atoms with Crippen molar-refractivity contribution in [3.8, 4) is 0 Å². The maximum Gasteiger partial charge on any atom is 0.270 e. The van der Waals surface area contributed by atoms with Crippen LogP contribution in [0.1, 0.15) is 41.5 Å². The van der Waals surface area contributed by atoms with Gasteiger partial charge in [-0.25, -0.2) is 4.98 Å². The molecule has 0 aromatic carbocycles. The second-order valence-electron chi connectivity index (χ2n) is 5.32. The zero-order chi connectivity index (χ0) is 16.1. The first-order valence-electron chi connectivity index (χ1n) is 7.52. The molecule has 0 aliphatic heterocycles. The number of amides is 1. The van der Waals surface area contributed by atoms with Crippen molar-refractivity contribution in [1.29, 1.82) is 0 Å². The highest BCUT2D eigenvalue weighted by Crippen LogP contribution is 2.23. The van der Waals surface area contributed by atoms with E-state index in [1.807, 2.05) is 23.6 Å². The van der Waals surface area contributed by atoms with E-state index >= 15 is 0 Å². The fraction of sp³-hybridized carbons (Fsp3) is 0.500. The average molecular weight is 368 g/mol. The minimum Gasteiger partial charge on any atom is -0.385 e. The lowest BCUT2D eigenvalue weighted by Crippen LogP contribution is -2.27. The number of carbonyl (C=O) groups is 1. The Bertz CT molecular complexity index is 667. The molecule has 1 amide bonds. The van der Waals surface area contributed by atoms with Gasteiger partial charge in [0.25, 0.3) is 5.91 Å². The lowest BCUT2D eigenvalue weighted by Gasteiger charge is -2.07. The van der Waals surface area contributed by atoms with Crippen LogP contribution in [0.4, 0.5) is 0 Å². The van der Waals surface area contributed by atoms with Crippen molar-refractivity contribution in [1.82, 2.24) is 14.7 Å². The summed E-state index contributed by atoms with van der Waals surface area (Å²) in [5.41, 5.74) is 3.35.